The minimum Gasteiger partial charge on any atom is -0.446 e. The molecule has 1 aromatic carbocycles. The Kier molecular flexibility index (Phi) is 26.1. The van der Waals surface area contributed by atoms with Crippen LogP contribution in [0.25, 0.3) is 10.4 Å². The highest BCUT2D eigenvalue weighted by atomic mass is 32.1. The molecule has 19 nitrogen and oxygen atoms in total. The van der Waals surface area contributed by atoms with E-state index in [1.807, 2.05) is 97.8 Å². The molecule has 0 aliphatic rings. The first-order valence-corrected chi connectivity index (χ1v) is 22.7. The maximum absolute atomic E-state index is 14.7. The van der Waals surface area contributed by atoms with Gasteiger partial charge in [-0.25, -0.2) is 15.2 Å². The number of amides is 5. The highest BCUT2D eigenvalue weighted by molar-refractivity contribution is 7.09. The number of hydrogen-bond acceptors (Lipinski definition) is 13. The fraction of sp³-hybridized carbons (Fsp3) is 0.674. The summed E-state index contributed by atoms with van der Waals surface area (Å²) in [6, 6.07) is 6.34. The lowest BCUT2D eigenvalue weighted by Gasteiger charge is -2.39. The van der Waals surface area contributed by atoms with Crippen molar-refractivity contribution in [1.29, 1.82) is 0 Å². The molecule has 2 aromatic rings. The number of hydrazine groups is 1. The minimum absolute atomic E-state index is 0.00504. The first-order chi connectivity index (χ1) is 30.2. The summed E-state index contributed by atoms with van der Waals surface area (Å²) in [5.74, 6) is -2.01. The molecular weight excluding hydrogens is 833 g/mol. The first-order valence-electron chi connectivity index (χ1n) is 21.8. The van der Waals surface area contributed by atoms with Crippen LogP contribution in [0.4, 0.5) is 4.79 Å². The molecule has 0 spiro atoms. The van der Waals surface area contributed by atoms with E-state index in [1.54, 1.807) is 10.3 Å². The van der Waals surface area contributed by atoms with Crippen molar-refractivity contribution >= 4 is 41.1 Å². The standard InChI is InChI=1S/C43H70N10O9S/c1-10-17-34(52(8)9)40(56)48-37(30(7)12-3)42(57)53(28-59-13-4)35(29(5)6)26-36(61-21-11-2)41-47-33(27-63-41)38(54)46-32(25-31-18-15-14-16-19-31)39(55)49-50-43(58)62-24-23-60-22-20-45-51-44/h14-16,18-19,27,29-30,32,34-37H,10-13,17,20-26,28H2,1-9H3,(H,46,54)(H,48,56)(H,49,55)(H,50,58)/t30-,32-,34+,35+,36+,37-/m0/s1. The van der Waals surface area contributed by atoms with Gasteiger partial charge in [0.1, 0.15) is 42.2 Å². The van der Waals surface area contributed by atoms with Crippen molar-refractivity contribution in [3.05, 3.63) is 62.4 Å². The second kappa shape index (κ2) is 30.3. The van der Waals surface area contributed by atoms with E-state index in [0.717, 1.165) is 12.0 Å². The lowest BCUT2D eigenvalue weighted by Crippen LogP contribution is -2.58. The van der Waals surface area contributed by atoms with Gasteiger partial charge in [-0.3, -0.25) is 29.5 Å². The molecule has 5 amide bonds. The van der Waals surface area contributed by atoms with Gasteiger partial charge in [0.05, 0.1) is 19.3 Å². The van der Waals surface area contributed by atoms with Crippen LogP contribution >= 0.6 is 11.3 Å². The Hall–Kier alpha value is -4.85. The number of carbonyl (C=O) groups is 5. The molecule has 0 fully saturated rings. The second-order valence-electron chi connectivity index (χ2n) is 15.6. The number of carbonyl (C=O) groups excluding carboxylic acids is 5. The number of nitrogens with one attached hydrogen (secondary N) is 4. The summed E-state index contributed by atoms with van der Waals surface area (Å²) in [4.78, 5) is 78.7. The van der Waals surface area contributed by atoms with Crippen LogP contribution in [0.1, 0.15) is 108 Å². The maximum Gasteiger partial charge on any atom is 0.426 e. The van der Waals surface area contributed by atoms with E-state index in [4.69, 9.17) is 29.5 Å². The van der Waals surface area contributed by atoms with Gasteiger partial charge in [0.15, 0.2) is 0 Å². The van der Waals surface area contributed by atoms with Crippen LogP contribution in [0, 0.1) is 11.8 Å². The largest absolute Gasteiger partial charge is 0.446 e. The van der Waals surface area contributed by atoms with Gasteiger partial charge in [0.25, 0.3) is 11.8 Å². The third kappa shape index (κ3) is 19.2. The Balaban J connectivity index is 2.35. The van der Waals surface area contributed by atoms with Crippen molar-refractivity contribution in [2.75, 3.05) is 60.4 Å². The third-order valence-electron chi connectivity index (χ3n) is 10.2. The van der Waals surface area contributed by atoms with Crippen molar-refractivity contribution in [3.8, 4) is 0 Å². The van der Waals surface area contributed by atoms with Crippen LogP contribution in [-0.4, -0.2) is 129 Å². The predicted molar refractivity (Wildman–Crippen MR) is 240 cm³/mol. The summed E-state index contributed by atoms with van der Waals surface area (Å²) in [6.07, 6.45) is 1.69. The van der Waals surface area contributed by atoms with E-state index < -0.39 is 42.1 Å². The second-order valence-corrected chi connectivity index (χ2v) is 16.5. The van der Waals surface area contributed by atoms with Gasteiger partial charge < -0.3 is 34.5 Å². The molecular formula is C43H70N10O9S. The Morgan fingerprint density at radius 2 is 1.63 bits per heavy atom. The molecule has 0 saturated heterocycles. The molecule has 1 aromatic heterocycles. The van der Waals surface area contributed by atoms with Crippen LogP contribution < -0.4 is 21.5 Å². The summed E-state index contributed by atoms with van der Waals surface area (Å²) in [6.45, 7) is 14.8. The molecule has 0 bridgehead atoms. The van der Waals surface area contributed by atoms with Gasteiger partial charge >= 0.3 is 6.09 Å². The molecule has 6 atom stereocenters. The molecule has 4 N–H and O–H groups in total. The topological polar surface area (TPSA) is 239 Å². The Morgan fingerprint density at radius 3 is 2.25 bits per heavy atom. The smallest absolute Gasteiger partial charge is 0.426 e. The minimum atomic E-state index is -1.13. The Morgan fingerprint density at radius 1 is 0.905 bits per heavy atom. The number of ether oxygens (including phenoxy) is 4. The number of nitrogens with zero attached hydrogens (tertiary/aromatic N) is 6. The monoisotopic (exact) mass is 903 g/mol. The zero-order chi connectivity index (χ0) is 46.7. The highest BCUT2D eigenvalue weighted by Gasteiger charge is 2.38. The molecule has 0 unspecified atom stereocenters. The number of rotatable bonds is 30. The number of hydrogen-bond donors (Lipinski definition) is 4. The van der Waals surface area contributed by atoms with Crippen molar-refractivity contribution < 1.29 is 42.9 Å². The Labute approximate surface area is 376 Å². The fourth-order valence-corrected chi connectivity index (χ4v) is 7.37. The summed E-state index contributed by atoms with van der Waals surface area (Å²) in [5.41, 5.74) is 13.6. The average molecular weight is 903 g/mol. The van der Waals surface area contributed by atoms with Gasteiger partial charge in [0, 0.05) is 48.9 Å². The van der Waals surface area contributed by atoms with E-state index in [2.05, 4.69) is 31.5 Å². The van der Waals surface area contributed by atoms with E-state index in [0.29, 0.717) is 43.9 Å². The predicted octanol–water partition coefficient (Wildman–Crippen LogP) is 5.53. The molecule has 20 heteroatoms. The molecule has 0 aliphatic heterocycles. The van der Waals surface area contributed by atoms with Gasteiger partial charge in [-0.1, -0.05) is 89.8 Å². The number of likely N-dealkylation sites (N-methyl/N-ethyl adjacent to an activating group) is 1. The fourth-order valence-electron chi connectivity index (χ4n) is 6.51. The highest BCUT2D eigenvalue weighted by Crippen LogP contribution is 2.31. The number of azide groups is 1. The number of thiazole rings is 1. The normalized spacial score (nSPS) is 14.1. The maximum atomic E-state index is 14.7. The molecule has 0 radical (unpaired) electrons. The lowest BCUT2D eigenvalue weighted by molar-refractivity contribution is -0.149. The SMILES string of the molecule is CCCO[C@H](C[C@H](C(C)C)N(COCC)C(=O)[C@@H](NC(=O)[C@@H](CCC)N(C)C)[C@@H](C)CC)c1nc(C(=O)N[C@@H](Cc2ccccc2)C(=O)NNC(=O)OCCOCCN=[N+]=[N-])cs1. The summed E-state index contributed by atoms with van der Waals surface area (Å²) in [5, 5.41) is 11.3. The van der Waals surface area contributed by atoms with Crippen LogP contribution in [0.3, 0.4) is 0 Å². The van der Waals surface area contributed by atoms with Crippen molar-refractivity contribution in [3.63, 3.8) is 0 Å². The summed E-state index contributed by atoms with van der Waals surface area (Å²) >= 11 is 1.23. The molecule has 352 valence electrons. The average Bonchev–Trinajstić information content (AvgIpc) is 3.77. The van der Waals surface area contributed by atoms with Gasteiger partial charge in [-0.05, 0) is 56.8 Å². The number of aromatic nitrogens is 1. The Bertz CT molecular complexity index is 1730. The van der Waals surface area contributed by atoms with Gasteiger partial charge in [0.2, 0.25) is 11.8 Å². The van der Waals surface area contributed by atoms with Crippen LogP contribution in [0.5, 0.6) is 0 Å². The van der Waals surface area contributed by atoms with Crippen LogP contribution in [-0.2, 0) is 39.8 Å². The van der Waals surface area contributed by atoms with Crippen molar-refractivity contribution in [2.45, 2.75) is 117 Å². The van der Waals surface area contributed by atoms with Crippen LogP contribution in [0.2, 0.25) is 0 Å². The van der Waals surface area contributed by atoms with Gasteiger partial charge in [-0.2, -0.15) is 0 Å². The van der Waals surface area contributed by atoms with E-state index in [-0.39, 0.29) is 74.9 Å². The van der Waals surface area contributed by atoms with E-state index in [1.165, 1.54) is 11.3 Å². The molecule has 0 aliphatic carbocycles. The van der Waals surface area contributed by atoms with Crippen molar-refractivity contribution in [1.82, 2.24) is 36.3 Å². The van der Waals surface area contributed by atoms with Crippen LogP contribution in [0.15, 0.2) is 40.8 Å². The number of benzene rings is 1. The van der Waals surface area contributed by atoms with Gasteiger partial charge in [-0.15, -0.1) is 11.3 Å². The zero-order valence-corrected chi connectivity index (χ0v) is 39.3. The first kappa shape index (κ1) is 54.3. The molecule has 1 heterocycles. The molecule has 0 saturated carbocycles. The van der Waals surface area contributed by atoms with Crippen molar-refractivity contribution in [2.24, 2.45) is 17.0 Å². The lowest BCUT2D eigenvalue weighted by atomic mass is 9.92. The van der Waals surface area contributed by atoms with E-state index in [9.17, 15) is 24.0 Å². The quantitative estimate of drug-likeness (QED) is 0.0190. The molecule has 2 rings (SSSR count). The summed E-state index contributed by atoms with van der Waals surface area (Å²) < 4.78 is 22.5. The summed E-state index contributed by atoms with van der Waals surface area (Å²) in [7, 11) is 3.72. The third-order valence-corrected chi connectivity index (χ3v) is 11.1. The zero-order valence-electron chi connectivity index (χ0n) is 38.5. The molecule has 63 heavy (non-hydrogen) atoms. The van der Waals surface area contributed by atoms with E-state index >= 15 is 0 Å².